The molecule has 1 fully saturated rings. The third kappa shape index (κ3) is 2.17. The van der Waals surface area contributed by atoms with E-state index in [1.54, 1.807) is 5.57 Å². The molecule has 0 heteroatoms. The highest BCUT2D eigenvalue weighted by Gasteiger charge is 2.08. The molecule has 10 heavy (non-hydrogen) atoms. The third-order valence-corrected chi connectivity index (χ3v) is 2.56. The van der Waals surface area contributed by atoms with Gasteiger partial charge in [0.05, 0.1) is 0 Å². The van der Waals surface area contributed by atoms with Gasteiger partial charge in [-0.25, -0.2) is 0 Å². The van der Waals surface area contributed by atoms with Crippen LogP contribution in [0.25, 0.3) is 0 Å². The van der Waals surface area contributed by atoms with Crippen molar-refractivity contribution in [3.8, 4) is 0 Å². The van der Waals surface area contributed by atoms with Crippen molar-refractivity contribution in [1.82, 2.24) is 0 Å². The highest BCUT2D eigenvalue weighted by molar-refractivity contribution is 5.01. The number of hydrogen-bond donors (Lipinski definition) is 0. The minimum atomic E-state index is 0.970. The van der Waals surface area contributed by atoms with E-state index < -0.39 is 0 Å². The van der Waals surface area contributed by atoms with Crippen LogP contribution >= 0.6 is 0 Å². The first kappa shape index (κ1) is 7.84. The number of hydrogen-bond acceptors (Lipinski definition) is 0. The van der Waals surface area contributed by atoms with E-state index in [2.05, 4.69) is 19.9 Å². The average Bonchev–Trinajstić information content (AvgIpc) is 2.14. The molecule has 1 atom stereocenters. The van der Waals surface area contributed by atoms with Crippen LogP contribution in [0.3, 0.4) is 0 Å². The Balaban J connectivity index is 2.41. The van der Waals surface area contributed by atoms with Gasteiger partial charge in [-0.3, -0.25) is 0 Å². The fraction of sp³-hybridized carbons (Fsp3) is 0.800. The van der Waals surface area contributed by atoms with Gasteiger partial charge in [0.15, 0.2) is 0 Å². The van der Waals surface area contributed by atoms with Crippen LogP contribution < -0.4 is 0 Å². The van der Waals surface area contributed by atoms with Gasteiger partial charge >= 0.3 is 0 Å². The van der Waals surface area contributed by atoms with Crippen LogP contribution in [0.4, 0.5) is 0 Å². The maximum atomic E-state index is 2.37. The summed E-state index contributed by atoms with van der Waals surface area (Å²) in [6.45, 7) is 4.55. The van der Waals surface area contributed by atoms with Gasteiger partial charge in [-0.15, -0.1) is 0 Å². The first-order valence-corrected chi connectivity index (χ1v) is 4.47. The number of allylic oxidation sites excluding steroid dienone is 2. The monoisotopic (exact) mass is 138 g/mol. The van der Waals surface area contributed by atoms with Crippen LogP contribution in [0.1, 0.15) is 46.0 Å². The molecule has 0 nitrogen and oxygen atoms in total. The summed E-state index contributed by atoms with van der Waals surface area (Å²) in [6.07, 6.45) is 9.30. The summed E-state index contributed by atoms with van der Waals surface area (Å²) in [4.78, 5) is 0. The lowest BCUT2D eigenvalue weighted by Crippen LogP contribution is -1.89. The molecular formula is C10H18. The van der Waals surface area contributed by atoms with Crippen LogP contribution in [0.2, 0.25) is 0 Å². The first-order chi connectivity index (χ1) is 4.83. The predicted octanol–water partition coefficient (Wildman–Crippen LogP) is 3.53. The Kier molecular flexibility index (Phi) is 2.98. The number of rotatable bonds is 0. The van der Waals surface area contributed by atoms with Gasteiger partial charge in [-0.2, -0.15) is 0 Å². The molecule has 0 heterocycles. The van der Waals surface area contributed by atoms with Crippen molar-refractivity contribution in [2.75, 3.05) is 0 Å². The summed E-state index contributed by atoms with van der Waals surface area (Å²) in [7, 11) is 0. The van der Waals surface area contributed by atoms with Crippen molar-refractivity contribution in [2.45, 2.75) is 46.0 Å². The lowest BCUT2D eigenvalue weighted by Gasteiger charge is -2.03. The van der Waals surface area contributed by atoms with Gasteiger partial charge in [-0.05, 0) is 38.5 Å². The van der Waals surface area contributed by atoms with E-state index in [-0.39, 0.29) is 0 Å². The molecule has 1 saturated carbocycles. The van der Waals surface area contributed by atoms with Crippen LogP contribution in [0, 0.1) is 5.92 Å². The van der Waals surface area contributed by atoms with E-state index in [0.717, 1.165) is 5.92 Å². The quantitative estimate of drug-likeness (QED) is 0.355. The second kappa shape index (κ2) is 3.80. The van der Waals surface area contributed by atoms with Crippen molar-refractivity contribution in [3.05, 3.63) is 11.6 Å². The molecule has 0 amide bonds. The van der Waals surface area contributed by atoms with Gasteiger partial charge < -0.3 is 0 Å². The molecule has 0 aliphatic heterocycles. The van der Waals surface area contributed by atoms with E-state index in [1.807, 2.05) is 0 Å². The molecule has 1 rings (SSSR count). The minimum Gasteiger partial charge on any atom is -0.0885 e. The highest BCUT2D eigenvalue weighted by Crippen LogP contribution is 2.25. The first-order valence-electron chi connectivity index (χ1n) is 4.47. The molecule has 0 saturated heterocycles. The zero-order valence-corrected chi connectivity index (χ0v) is 7.19. The maximum Gasteiger partial charge on any atom is -0.0318 e. The van der Waals surface area contributed by atoms with Gasteiger partial charge in [0.2, 0.25) is 0 Å². The summed E-state index contributed by atoms with van der Waals surface area (Å²) in [5.41, 5.74) is 1.68. The third-order valence-electron chi connectivity index (χ3n) is 2.56. The molecule has 0 aromatic heterocycles. The van der Waals surface area contributed by atoms with Crippen molar-refractivity contribution in [1.29, 1.82) is 0 Å². The summed E-state index contributed by atoms with van der Waals surface area (Å²) in [6, 6.07) is 0. The lowest BCUT2D eigenvalue weighted by molar-refractivity contribution is 0.507. The second-order valence-corrected chi connectivity index (χ2v) is 3.48. The van der Waals surface area contributed by atoms with Crippen LogP contribution in [0.5, 0.6) is 0 Å². The van der Waals surface area contributed by atoms with E-state index in [0.29, 0.717) is 0 Å². The van der Waals surface area contributed by atoms with E-state index in [4.69, 9.17) is 0 Å². The van der Waals surface area contributed by atoms with E-state index >= 15 is 0 Å². The molecular weight excluding hydrogens is 120 g/mol. The molecule has 1 unspecified atom stereocenters. The molecule has 0 radical (unpaired) electrons. The molecule has 0 spiro atoms. The molecule has 0 N–H and O–H groups in total. The Morgan fingerprint density at radius 2 is 2.10 bits per heavy atom. The lowest BCUT2D eigenvalue weighted by atomic mass is 10.0. The average molecular weight is 138 g/mol. The van der Waals surface area contributed by atoms with Crippen LogP contribution in [0.15, 0.2) is 11.6 Å². The summed E-state index contributed by atoms with van der Waals surface area (Å²) >= 11 is 0. The van der Waals surface area contributed by atoms with Gasteiger partial charge in [0.1, 0.15) is 0 Å². The Bertz CT molecular complexity index is 122. The summed E-state index contributed by atoms with van der Waals surface area (Å²) < 4.78 is 0. The summed E-state index contributed by atoms with van der Waals surface area (Å²) in [5, 5.41) is 0. The minimum absolute atomic E-state index is 0.970. The fourth-order valence-electron chi connectivity index (χ4n) is 1.67. The summed E-state index contributed by atoms with van der Waals surface area (Å²) in [5.74, 6) is 0.970. The van der Waals surface area contributed by atoms with Crippen LogP contribution in [-0.4, -0.2) is 0 Å². The van der Waals surface area contributed by atoms with Crippen molar-refractivity contribution >= 4 is 0 Å². The molecule has 1 aliphatic carbocycles. The maximum absolute atomic E-state index is 2.37. The predicted molar refractivity (Wildman–Crippen MR) is 46.0 cm³/mol. The van der Waals surface area contributed by atoms with E-state index in [1.165, 1.54) is 32.1 Å². The molecule has 0 bridgehead atoms. The molecule has 1 aliphatic rings. The zero-order chi connectivity index (χ0) is 7.40. The Morgan fingerprint density at radius 3 is 2.80 bits per heavy atom. The second-order valence-electron chi connectivity index (χ2n) is 3.48. The van der Waals surface area contributed by atoms with Crippen molar-refractivity contribution in [3.63, 3.8) is 0 Å². The normalized spacial score (nSPS) is 32.2. The zero-order valence-electron chi connectivity index (χ0n) is 7.19. The Hall–Kier alpha value is -0.260. The largest absolute Gasteiger partial charge is 0.0885 e. The smallest absolute Gasteiger partial charge is 0.0318 e. The van der Waals surface area contributed by atoms with Crippen LogP contribution in [-0.2, 0) is 0 Å². The Labute approximate surface area is 64.3 Å². The Morgan fingerprint density at radius 1 is 1.30 bits per heavy atom. The molecule has 58 valence electrons. The van der Waals surface area contributed by atoms with Crippen molar-refractivity contribution < 1.29 is 0 Å². The van der Waals surface area contributed by atoms with Gasteiger partial charge in [0, 0.05) is 0 Å². The molecule has 0 aromatic carbocycles. The molecule has 0 aromatic rings. The SMILES string of the molecule is CC=C1CCCC(C)CC1. The standard InChI is InChI=1S/C10H18/c1-3-10-6-4-5-9(2)7-8-10/h3,9H,4-8H2,1-2H3. The van der Waals surface area contributed by atoms with E-state index in [9.17, 15) is 0 Å². The topological polar surface area (TPSA) is 0 Å². The van der Waals surface area contributed by atoms with Gasteiger partial charge in [0.25, 0.3) is 0 Å². The fourth-order valence-corrected chi connectivity index (χ4v) is 1.67. The highest BCUT2D eigenvalue weighted by atomic mass is 14.1. The van der Waals surface area contributed by atoms with Gasteiger partial charge in [-0.1, -0.05) is 25.0 Å². The van der Waals surface area contributed by atoms with Crippen molar-refractivity contribution in [2.24, 2.45) is 5.92 Å².